The minimum Gasteiger partial charge on any atom is -0.359 e. The van der Waals surface area contributed by atoms with Gasteiger partial charge in [0.25, 0.3) is 0 Å². The van der Waals surface area contributed by atoms with E-state index in [1.807, 2.05) is 12.1 Å². The molecule has 3 unspecified atom stereocenters. The van der Waals surface area contributed by atoms with E-state index < -0.39 is 0 Å². The van der Waals surface area contributed by atoms with Crippen molar-refractivity contribution in [1.29, 1.82) is 0 Å². The lowest BCUT2D eigenvalue weighted by molar-refractivity contribution is 0.526. The van der Waals surface area contributed by atoms with Crippen LogP contribution in [0.5, 0.6) is 0 Å². The van der Waals surface area contributed by atoms with Gasteiger partial charge in [0.1, 0.15) is 0 Å². The number of aromatic nitrogens is 1. The highest BCUT2D eigenvalue weighted by molar-refractivity contribution is 7.80. The van der Waals surface area contributed by atoms with Crippen molar-refractivity contribution in [3.8, 4) is 0 Å². The summed E-state index contributed by atoms with van der Waals surface area (Å²) in [6.45, 7) is 0. The molecule has 96 valence electrons. The number of nitrogens with one attached hydrogen (secondary N) is 2. The van der Waals surface area contributed by atoms with E-state index in [9.17, 15) is 0 Å². The number of anilines is 1. The van der Waals surface area contributed by atoms with E-state index in [2.05, 4.69) is 27.8 Å². The second kappa shape index (κ2) is 5.67. The number of allylic oxidation sites excluding steroid dienone is 1. The van der Waals surface area contributed by atoms with Crippen molar-refractivity contribution in [2.75, 3.05) is 5.32 Å². The largest absolute Gasteiger partial charge is 0.359 e. The first kappa shape index (κ1) is 13.3. The third-order valence-electron chi connectivity index (χ3n) is 3.53. The molecular formula is C13H16ClN3S. The summed E-state index contributed by atoms with van der Waals surface area (Å²) in [6.07, 6.45) is 10.7. The summed E-state index contributed by atoms with van der Waals surface area (Å²) in [6, 6.07) is 4.33. The van der Waals surface area contributed by atoms with E-state index in [-0.39, 0.29) is 12.4 Å². The van der Waals surface area contributed by atoms with Gasteiger partial charge in [0.2, 0.25) is 0 Å². The Kier molecular flexibility index (Phi) is 4.19. The molecule has 2 aliphatic carbocycles. The van der Waals surface area contributed by atoms with Crippen molar-refractivity contribution in [1.82, 2.24) is 10.3 Å². The van der Waals surface area contributed by atoms with Gasteiger partial charge in [-0.05, 0) is 49.0 Å². The summed E-state index contributed by atoms with van der Waals surface area (Å²) in [5.41, 5.74) is 0.983. The average Bonchev–Trinajstić information content (AvgIpc) is 2.92. The van der Waals surface area contributed by atoms with Crippen molar-refractivity contribution in [3.63, 3.8) is 0 Å². The first-order valence-corrected chi connectivity index (χ1v) is 6.38. The third-order valence-corrected chi connectivity index (χ3v) is 3.75. The number of fused-ring (bicyclic) bond motifs is 2. The van der Waals surface area contributed by atoms with Gasteiger partial charge in [-0.2, -0.15) is 0 Å². The lowest BCUT2D eigenvalue weighted by atomic mass is 10.0. The van der Waals surface area contributed by atoms with Crippen LogP contribution in [-0.2, 0) is 0 Å². The number of halogens is 1. The SMILES string of the molecule is Cl.S=C(Nc1ccncc1)NC1CC2C=CC1C2. The van der Waals surface area contributed by atoms with Crippen molar-refractivity contribution < 1.29 is 0 Å². The summed E-state index contributed by atoms with van der Waals surface area (Å²) < 4.78 is 0. The van der Waals surface area contributed by atoms with E-state index >= 15 is 0 Å². The van der Waals surface area contributed by atoms with Crippen LogP contribution in [0.3, 0.4) is 0 Å². The fourth-order valence-electron chi connectivity index (χ4n) is 2.72. The molecule has 3 rings (SSSR count). The minimum absolute atomic E-state index is 0. The normalized spacial score (nSPS) is 27.7. The number of nitrogens with zero attached hydrogens (tertiary/aromatic N) is 1. The van der Waals surface area contributed by atoms with Crippen molar-refractivity contribution in [2.24, 2.45) is 11.8 Å². The third kappa shape index (κ3) is 2.82. The summed E-state index contributed by atoms with van der Waals surface area (Å²) in [7, 11) is 0. The van der Waals surface area contributed by atoms with Crippen LogP contribution in [0.2, 0.25) is 0 Å². The quantitative estimate of drug-likeness (QED) is 0.646. The Bertz CT molecular complexity index is 449. The monoisotopic (exact) mass is 281 g/mol. The number of hydrogen-bond acceptors (Lipinski definition) is 2. The number of hydrogen-bond donors (Lipinski definition) is 2. The molecular weight excluding hydrogens is 266 g/mol. The molecule has 0 amide bonds. The topological polar surface area (TPSA) is 37.0 Å². The Morgan fingerprint density at radius 3 is 2.61 bits per heavy atom. The molecule has 0 radical (unpaired) electrons. The predicted molar refractivity (Wildman–Crippen MR) is 80.0 cm³/mol. The fourth-order valence-corrected chi connectivity index (χ4v) is 2.99. The van der Waals surface area contributed by atoms with Gasteiger partial charge >= 0.3 is 0 Å². The van der Waals surface area contributed by atoms with Crippen LogP contribution in [0.15, 0.2) is 36.7 Å². The lowest BCUT2D eigenvalue weighted by Crippen LogP contribution is -2.40. The summed E-state index contributed by atoms with van der Waals surface area (Å²) in [5, 5.41) is 7.30. The maximum absolute atomic E-state index is 5.32. The minimum atomic E-state index is 0. The van der Waals surface area contributed by atoms with Crippen molar-refractivity contribution in [3.05, 3.63) is 36.7 Å². The van der Waals surface area contributed by atoms with Crippen molar-refractivity contribution >= 4 is 35.4 Å². The number of thiocarbonyl (C=S) groups is 1. The molecule has 1 aromatic rings. The summed E-state index contributed by atoms with van der Waals surface area (Å²) in [5.74, 6) is 1.43. The molecule has 3 nitrogen and oxygen atoms in total. The van der Waals surface area contributed by atoms with Crippen LogP contribution >= 0.6 is 24.6 Å². The average molecular weight is 282 g/mol. The fraction of sp³-hybridized carbons (Fsp3) is 0.385. The van der Waals surface area contributed by atoms with Crippen LogP contribution in [0.1, 0.15) is 12.8 Å². The molecule has 0 spiro atoms. The lowest BCUT2D eigenvalue weighted by Gasteiger charge is -2.21. The predicted octanol–water partition coefficient (Wildman–Crippen LogP) is 2.75. The van der Waals surface area contributed by atoms with E-state index in [1.165, 1.54) is 12.8 Å². The van der Waals surface area contributed by atoms with Gasteiger partial charge in [0, 0.05) is 24.1 Å². The highest BCUT2D eigenvalue weighted by atomic mass is 35.5. The van der Waals surface area contributed by atoms with Gasteiger partial charge < -0.3 is 10.6 Å². The first-order chi connectivity index (χ1) is 8.31. The van der Waals surface area contributed by atoms with Gasteiger partial charge in [-0.15, -0.1) is 12.4 Å². The molecule has 1 fully saturated rings. The van der Waals surface area contributed by atoms with Crippen molar-refractivity contribution in [2.45, 2.75) is 18.9 Å². The van der Waals surface area contributed by atoms with Gasteiger partial charge in [0.05, 0.1) is 0 Å². The van der Waals surface area contributed by atoms with Crippen LogP contribution in [0.25, 0.3) is 0 Å². The van der Waals surface area contributed by atoms with Gasteiger partial charge in [-0.1, -0.05) is 12.2 Å². The zero-order valence-corrected chi connectivity index (χ0v) is 11.5. The van der Waals surface area contributed by atoms with E-state index in [0.717, 1.165) is 11.6 Å². The van der Waals surface area contributed by atoms with Crippen LogP contribution in [0.4, 0.5) is 5.69 Å². The Balaban J connectivity index is 0.00000120. The molecule has 2 aliphatic rings. The van der Waals surface area contributed by atoms with E-state index in [4.69, 9.17) is 12.2 Å². The molecule has 1 aromatic heterocycles. The summed E-state index contributed by atoms with van der Waals surface area (Å²) in [4.78, 5) is 3.97. The standard InChI is InChI=1S/C13H15N3S.ClH/c17-13(15-11-3-5-14-6-4-11)16-12-8-9-1-2-10(12)7-9;/h1-6,9-10,12H,7-8H2,(H2,14,15,16,17);1H. The zero-order chi connectivity index (χ0) is 11.7. The maximum Gasteiger partial charge on any atom is 0.171 e. The molecule has 18 heavy (non-hydrogen) atoms. The zero-order valence-electron chi connectivity index (χ0n) is 9.87. The van der Waals surface area contributed by atoms with E-state index in [0.29, 0.717) is 17.1 Å². The highest BCUT2D eigenvalue weighted by Gasteiger charge is 2.35. The van der Waals surface area contributed by atoms with Crippen LogP contribution in [0, 0.1) is 11.8 Å². The number of pyridine rings is 1. The second-order valence-electron chi connectivity index (χ2n) is 4.72. The molecule has 2 bridgehead atoms. The smallest absolute Gasteiger partial charge is 0.171 e. The van der Waals surface area contributed by atoms with Crippen LogP contribution in [-0.4, -0.2) is 16.1 Å². The Morgan fingerprint density at radius 2 is 2.00 bits per heavy atom. The van der Waals surface area contributed by atoms with Gasteiger partial charge in [0.15, 0.2) is 5.11 Å². The molecule has 0 aliphatic heterocycles. The molecule has 0 aromatic carbocycles. The number of rotatable bonds is 2. The Hall–Kier alpha value is -1.13. The molecule has 1 saturated carbocycles. The Morgan fingerprint density at radius 1 is 1.22 bits per heavy atom. The summed E-state index contributed by atoms with van der Waals surface area (Å²) >= 11 is 5.32. The molecule has 2 N–H and O–H groups in total. The second-order valence-corrected chi connectivity index (χ2v) is 5.13. The van der Waals surface area contributed by atoms with Gasteiger partial charge in [-0.25, -0.2) is 0 Å². The molecule has 5 heteroatoms. The first-order valence-electron chi connectivity index (χ1n) is 5.97. The van der Waals surface area contributed by atoms with E-state index in [1.54, 1.807) is 12.4 Å². The molecule has 3 atom stereocenters. The highest BCUT2D eigenvalue weighted by Crippen LogP contribution is 2.38. The maximum atomic E-state index is 5.32. The van der Waals surface area contributed by atoms with Crippen LogP contribution < -0.4 is 10.6 Å². The molecule has 1 heterocycles. The van der Waals surface area contributed by atoms with Gasteiger partial charge in [-0.3, -0.25) is 4.98 Å². The molecule has 0 saturated heterocycles. The Labute approximate surface area is 118 Å².